The molecule has 1 atom stereocenters. The van der Waals surface area contributed by atoms with Crippen LogP contribution in [0.25, 0.3) is 5.57 Å². The first-order valence-electron chi connectivity index (χ1n) is 6.06. The maximum absolute atomic E-state index is 14.1. The quantitative estimate of drug-likeness (QED) is 0.825. The molecule has 3 rings (SSSR count). The van der Waals surface area contributed by atoms with Crippen LogP contribution in [-0.4, -0.2) is 10.9 Å². The van der Waals surface area contributed by atoms with Gasteiger partial charge in [0.25, 0.3) is 0 Å². The molecule has 2 heterocycles. The number of hydrogen-bond acceptors (Lipinski definition) is 2. The molecule has 1 saturated heterocycles. The summed E-state index contributed by atoms with van der Waals surface area (Å²) in [5.74, 6) is -0.0776. The lowest BCUT2D eigenvalue weighted by atomic mass is 9.83. The van der Waals surface area contributed by atoms with Crippen molar-refractivity contribution in [2.45, 2.75) is 19.3 Å². The highest BCUT2D eigenvalue weighted by Gasteiger charge is 2.30. The molecule has 1 aromatic rings. The third kappa shape index (κ3) is 1.83. The van der Waals surface area contributed by atoms with Crippen LogP contribution in [0.1, 0.15) is 24.8 Å². The maximum Gasteiger partial charge on any atom is 0.224 e. The number of nitrogens with one attached hydrogen (secondary N) is 1. The number of hydrogen-bond donors (Lipinski definition) is 1. The highest BCUT2D eigenvalue weighted by atomic mass is 19.1. The first kappa shape index (κ1) is 11.1. The molecule has 0 radical (unpaired) electrons. The Morgan fingerprint density at radius 3 is 3.11 bits per heavy atom. The summed E-state index contributed by atoms with van der Waals surface area (Å²) in [6, 6.07) is 3.58. The first-order chi connectivity index (χ1) is 8.75. The lowest BCUT2D eigenvalue weighted by Gasteiger charge is -2.30. The molecule has 0 saturated carbocycles. The van der Waals surface area contributed by atoms with E-state index in [4.69, 9.17) is 0 Å². The van der Waals surface area contributed by atoms with Crippen molar-refractivity contribution in [3.8, 4) is 0 Å². The zero-order chi connectivity index (χ0) is 12.5. The van der Waals surface area contributed by atoms with Gasteiger partial charge in [0.15, 0.2) is 0 Å². The van der Waals surface area contributed by atoms with Gasteiger partial charge in [-0.3, -0.25) is 9.78 Å². The zero-order valence-electron chi connectivity index (χ0n) is 9.82. The molecule has 1 aromatic heterocycles. The summed E-state index contributed by atoms with van der Waals surface area (Å²) >= 11 is 0. The minimum absolute atomic E-state index is 0.0302. The molecular weight excluding hydrogens is 231 g/mol. The number of rotatable bonds is 1. The number of allylic oxidation sites excluding steroid dienone is 4. The average molecular weight is 244 g/mol. The van der Waals surface area contributed by atoms with Gasteiger partial charge in [-0.15, -0.1) is 0 Å². The number of carbonyl (C=O) groups is 1. The topological polar surface area (TPSA) is 42.0 Å². The predicted molar refractivity (Wildman–Crippen MR) is 65.8 cm³/mol. The van der Waals surface area contributed by atoms with Crippen molar-refractivity contribution in [2.75, 3.05) is 0 Å². The van der Waals surface area contributed by atoms with Gasteiger partial charge in [0.05, 0.1) is 0 Å². The minimum atomic E-state index is -0.267. The van der Waals surface area contributed by atoms with E-state index in [1.807, 2.05) is 6.07 Å². The van der Waals surface area contributed by atoms with Crippen LogP contribution in [0.5, 0.6) is 0 Å². The summed E-state index contributed by atoms with van der Waals surface area (Å²) in [6.45, 7) is 0. The van der Waals surface area contributed by atoms with Crippen LogP contribution in [0.2, 0.25) is 0 Å². The second kappa shape index (κ2) is 4.37. The molecule has 92 valence electrons. The molecule has 1 aliphatic heterocycles. The third-order valence-corrected chi connectivity index (χ3v) is 3.44. The van der Waals surface area contributed by atoms with Gasteiger partial charge in [0, 0.05) is 41.6 Å². The Balaban J connectivity index is 2.12. The number of aromatic nitrogens is 1. The molecule has 1 aliphatic carbocycles. The van der Waals surface area contributed by atoms with Gasteiger partial charge in [-0.1, -0.05) is 6.07 Å². The largest absolute Gasteiger partial charge is 0.329 e. The summed E-state index contributed by atoms with van der Waals surface area (Å²) in [5, 5.41) is 2.83. The number of pyridine rings is 1. The van der Waals surface area contributed by atoms with Crippen LogP contribution in [-0.2, 0) is 4.79 Å². The van der Waals surface area contributed by atoms with Gasteiger partial charge < -0.3 is 5.32 Å². The van der Waals surface area contributed by atoms with E-state index in [1.165, 1.54) is 0 Å². The smallest absolute Gasteiger partial charge is 0.224 e. The average Bonchev–Trinajstić information content (AvgIpc) is 2.39. The second-order valence-corrected chi connectivity index (χ2v) is 4.60. The maximum atomic E-state index is 14.1. The second-order valence-electron chi connectivity index (χ2n) is 4.60. The van der Waals surface area contributed by atoms with Gasteiger partial charge >= 0.3 is 0 Å². The number of nitrogens with zero attached hydrogens (tertiary/aromatic N) is 1. The van der Waals surface area contributed by atoms with Crippen molar-refractivity contribution in [3.63, 3.8) is 0 Å². The fourth-order valence-electron chi connectivity index (χ4n) is 2.55. The van der Waals surface area contributed by atoms with Gasteiger partial charge in [0.2, 0.25) is 5.91 Å². The summed E-state index contributed by atoms with van der Waals surface area (Å²) in [6.07, 6.45) is 6.84. The highest BCUT2D eigenvalue weighted by molar-refractivity contribution is 5.87. The Morgan fingerprint density at radius 2 is 2.33 bits per heavy atom. The first-order valence-corrected chi connectivity index (χ1v) is 6.06. The molecule has 1 amide bonds. The molecule has 18 heavy (non-hydrogen) atoms. The number of halogens is 1. The Bertz CT molecular complexity index is 548. The Hall–Kier alpha value is -1.97. The van der Waals surface area contributed by atoms with Gasteiger partial charge in [0.1, 0.15) is 5.83 Å². The van der Waals surface area contributed by atoms with Crippen molar-refractivity contribution >= 4 is 11.5 Å². The zero-order valence-corrected chi connectivity index (χ0v) is 9.82. The van der Waals surface area contributed by atoms with Gasteiger partial charge in [-0.2, -0.15) is 0 Å². The Kier molecular flexibility index (Phi) is 2.70. The molecule has 3 nitrogen and oxygen atoms in total. The van der Waals surface area contributed by atoms with E-state index in [0.717, 1.165) is 12.1 Å². The van der Waals surface area contributed by atoms with Gasteiger partial charge in [-0.25, -0.2) is 4.39 Å². The van der Waals surface area contributed by atoms with Crippen LogP contribution >= 0.6 is 0 Å². The van der Waals surface area contributed by atoms with E-state index in [0.29, 0.717) is 24.0 Å². The molecule has 2 aliphatic rings. The molecule has 1 N–H and O–H groups in total. The predicted octanol–water partition coefficient (Wildman–Crippen LogP) is 2.58. The van der Waals surface area contributed by atoms with Crippen molar-refractivity contribution in [3.05, 3.63) is 47.7 Å². The molecule has 1 unspecified atom stereocenters. The number of amides is 1. The summed E-state index contributed by atoms with van der Waals surface area (Å²) in [4.78, 5) is 15.5. The molecule has 0 spiro atoms. The molecule has 1 fully saturated rings. The fourth-order valence-corrected chi connectivity index (χ4v) is 2.55. The van der Waals surface area contributed by atoms with Crippen LogP contribution in [0.15, 0.2) is 42.1 Å². The van der Waals surface area contributed by atoms with E-state index in [9.17, 15) is 9.18 Å². The summed E-state index contributed by atoms with van der Waals surface area (Å²) in [5.41, 5.74) is 1.93. The summed E-state index contributed by atoms with van der Waals surface area (Å²) < 4.78 is 14.1. The van der Waals surface area contributed by atoms with E-state index in [1.54, 1.807) is 24.5 Å². The van der Waals surface area contributed by atoms with Crippen molar-refractivity contribution in [1.29, 1.82) is 0 Å². The number of piperidine rings is 1. The Morgan fingerprint density at radius 1 is 1.44 bits per heavy atom. The minimum Gasteiger partial charge on any atom is -0.329 e. The summed E-state index contributed by atoms with van der Waals surface area (Å²) in [7, 11) is 0. The third-order valence-electron chi connectivity index (χ3n) is 3.44. The van der Waals surface area contributed by atoms with Crippen LogP contribution in [0.3, 0.4) is 0 Å². The van der Waals surface area contributed by atoms with Crippen LogP contribution in [0, 0.1) is 5.92 Å². The normalized spacial score (nSPS) is 23.3. The van der Waals surface area contributed by atoms with Crippen molar-refractivity contribution < 1.29 is 9.18 Å². The molecule has 0 bridgehead atoms. The standard InChI is InChI=1S/C14H13FN2O/c15-11-5-3-9-4-6-12(18)17-14(9)13(11)10-2-1-7-16-8-10/h1-2,5,7-9H,3-4,6H2,(H,17,18). The highest BCUT2D eigenvalue weighted by Crippen LogP contribution is 2.39. The van der Waals surface area contributed by atoms with Gasteiger partial charge in [-0.05, 0) is 25.0 Å². The molecule has 4 heteroatoms. The SMILES string of the molecule is O=C1CCC2CC=C(F)C(c3cccnc3)=C2N1. The molecular formula is C14H13FN2O. The fraction of sp³-hybridized carbons (Fsp3) is 0.286. The van der Waals surface area contributed by atoms with Crippen LogP contribution in [0.4, 0.5) is 4.39 Å². The van der Waals surface area contributed by atoms with Crippen LogP contribution < -0.4 is 5.32 Å². The van der Waals surface area contributed by atoms with E-state index >= 15 is 0 Å². The lowest BCUT2D eigenvalue weighted by molar-refractivity contribution is -0.121. The number of carbonyl (C=O) groups excluding carboxylic acids is 1. The number of fused-ring (bicyclic) bond motifs is 1. The van der Waals surface area contributed by atoms with E-state index in [-0.39, 0.29) is 17.7 Å². The lowest BCUT2D eigenvalue weighted by Crippen LogP contribution is -2.34. The van der Waals surface area contributed by atoms with Crippen molar-refractivity contribution in [2.24, 2.45) is 5.92 Å². The van der Waals surface area contributed by atoms with E-state index in [2.05, 4.69) is 10.3 Å². The molecule has 0 aromatic carbocycles. The monoisotopic (exact) mass is 244 g/mol. The van der Waals surface area contributed by atoms with Crippen molar-refractivity contribution in [1.82, 2.24) is 10.3 Å². The Labute approximate surface area is 104 Å². The van der Waals surface area contributed by atoms with E-state index < -0.39 is 0 Å².